The quantitative estimate of drug-likeness (QED) is 0.747. The minimum Gasteiger partial charge on any atom is -0.467 e. The van der Waals surface area contributed by atoms with Gasteiger partial charge in [0.15, 0.2) is 0 Å². The fourth-order valence-electron chi connectivity index (χ4n) is 2.88. The molecule has 0 spiro atoms. The number of rotatable bonds is 4. The molecular formula is C16H29NO4. The number of amides is 1. The number of nitrogens with zero attached hydrogens (tertiary/aromatic N) is 1. The van der Waals surface area contributed by atoms with Crippen LogP contribution in [0.3, 0.4) is 0 Å². The number of hydrogen-bond donors (Lipinski definition) is 0. The molecule has 2 atom stereocenters. The van der Waals surface area contributed by atoms with Gasteiger partial charge in [0, 0.05) is 6.54 Å². The Labute approximate surface area is 128 Å². The van der Waals surface area contributed by atoms with Crippen LogP contribution in [0.25, 0.3) is 0 Å². The standard InChI is InChI=1S/C16H29NO4/c1-7-12(2)11-16(13(18)20-6)9-8-10-17(16)14(19)21-15(3,4)5/h12H,7-11H2,1-6H3. The molecule has 1 saturated heterocycles. The zero-order valence-electron chi connectivity index (χ0n) is 14.2. The van der Waals surface area contributed by atoms with Crippen molar-refractivity contribution in [2.45, 2.75) is 71.4 Å². The highest BCUT2D eigenvalue weighted by atomic mass is 16.6. The van der Waals surface area contributed by atoms with Crippen LogP contribution < -0.4 is 0 Å². The Morgan fingerprint density at radius 1 is 1.33 bits per heavy atom. The fraction of sp³-hybridized carbons (Fsp3) is 0.875. The van der Waals surface area contributed by atoms with Crippen molar-refractivity contribution in [2.24, 2.45) is 5.92 Å². The van der Waals surface area contributed by atoms with E-state index in [-0.39, 0.29) is 5.97 Å². The van der Waals surface area contributed by atoms with Gasteiger partial charge in [-0.3, -0.25) is 4.90 Å². The molecule has 5 nitrogen and oxygen atoms in total. The van der Waals surface area contributed by atoms with Crippen LogP contribution >= 0.6 is 0 Å². The summed E-state index contributed by atoms with van der Waals surface area (Å²) in [5.41, 5.74) is -1.44. The van der Waals surface area contributed by atoms with E-state index in [1.165, 1.54) is 7.11 Å². The number of carbonyl (C=O) groups excluding carboxylic acids is 2. The molecule has 0 bridgehead atoms. The Hall–Kier alpha value is -1.26. The molecule has 1 amide bonds. The lowest BCUT2D eigenvalue weighted by Crippen LogP contribution is -2.55. The monoisotopic (exact) mass is 299 g/mol. The van der Waals surface area contributed by atoms with Gasteiger partial charge in [0.25, 0.3) is 0 Å². The van der Waals surface area contributed by atoms with E-state index in [4.69, 9.17) is 9.47 Å². The number of esters is 1. The van der Waals surface area contributed by atoms with E-state index in [9.17, 15) is 9.59 Å². The second kappa shape index (κ2) is 6.67. The zero-order valence-corrected chi connectivity index (χ0v) is 14.2. The third kappa shape index (κ3) is 4.11. The van der Waals surface area contributed by atoms with Gasteiger partial charge in [0.1, 0.15) is 11.1 Å². The Morgan fingerprint density at radius 3 is 2.43 bits per heavy atom. The van der Waals surface area contributed by atoms with E-state index in [1.54, 1.807) is 4.90 Å². The van der Waals surface area contributed by atoms with Gasteiger partial charge in [-0.2, -0.15) is 0 Å². The average molecular weight is 299 g/mol. The van der Waals surface area contributed by atoms with E-state index in [0.717, 1.165) is 12.8 Å². The summed E-state index contributed by atoms with van der Waals surface area (Å²) in [4.78, 5) is 26.4. The Morgan fingerprint density at radius 2 is 1.95 bits per heavy atom. The topological polar surface area (TPSA) is 55.8 Å². The molecule has 0 aliphatic carbocycles. The summed E-state index contributed by atoms with van der Waals surface area (Å²) in [5, 5.41) is 0. The maximum Gasteiger partial charge on any atom is 0.411 e. The van der Waals surface area contributed by atoms with Crippen LogP contribution in [0.2, 0.25) is 0 Å². The van der Waals surface area contributed by atoms with Gasteiger partial charge in [-0.25, -0.2) is 9.59 Å². The molecular weight excluding hydrogens is 270 g/mol. The van der Waals surface area contributed by atoms with Gasteiger partial charge in [-0.05, 0) is 46.0 Å². The summed E-state index contributed by atoms with van der Waals surface area (Å²) in [7, 11) is 1.38. The molecule has 0 radical (unpaired) electrons. The third-order valence-electron chi connectivity index (χ3n) is 4.05. The van der Waals surface area contributed by atoms with Gasteiger partial charge in [-0.15, -0.1) is 0 Å². The van der Waals surface area contributed by atoms with Crippen molar-refractivity contribution in [3.05, 3.63) is 0 Å². The number of ether oxygens (including phenoxy) is 2. The molecule has 0 saturated carbocycles. The summed E-state index contributed by atoms with van der Waals surface area (Å²) >= 11 is 0. The van der Waals surface area contributed by atoms with Crippen LogP contribution in [-0.4, -0.2) is 41.8 Å². The molecule has 1 rings (SSSR count). The van der Waals surface area contributed by atoms with Gasteiger partial charge < -0.3 is 9.47 Å². The van der Waals surface area contributed by atoms with E-state index >= 15 is 0 Å². The molecule has 0 aromatic rings. The van der Waals surface area contributed by atoms with Gasteiger partial charge in [0.05, 0.1) is 7.11 Å². The minimum atomic E-state index is -0.869. The van der Waals surface area contributed by atoms with Crippen molar-refractivity contribution >= 4 is 12.1 Å². The first-order valence-corrected chi connectivity index (χ1v) is 7.75. The van der Waals surface area contributed by atoms with Crippen molar-refractivity contribution in [3.8, 4) is 0 Å². The molecule has 1 aliphatic heterocycles. The highest BCUT2D eigenvalue weighted by molar-refractivity contribution is 5.86. The lowest BCUT2D eigenvalue weighted by Gasteiger charge is -2.38. The largest absolute Gasteiger partial charge is 0.467 e. The van der Waals surface area contributed by atoms with E-state index in [0.29, 0.717) is 25.3 Å². The molecule has 0 aromatic carbocycles. The lowest BCUT2D eigenvalue weighted by molar-refractivity contribution is -0.154. The van der Waals surface area contributed by atoms with E-state index < -0.39 is 17.2 Å². The van der Waals surface area contributed by atoms with Gasteiger partial charge >= 0.3 is 12.1 Å². The summed E-state index contributed by atoms with van der Waals surface area (Å²) < 4.78 is 10.5. The number of methoxy groups -OCH3 is 1. The van der Waals surface area contributed by atoms with Crippen LogP contribution in [0, 0.1) is 5.92 Å². The maximum absolute atomic E-state index is 12.5. The smallest absolute Gasteiger partial charge is 0.411 e. The maximum atomic E-state index is 12.5. The summed E-state index contributed by atoms with van der Waals surface area (Å²) in [6, 6.07) is 0. The summed E-state index contributed by atoms with van der Waals surface area (Å²) in [5.74, 6) is 0.0123. The van der Waals surface area contributed by atoms with Crippen molar-refractivity contribution < 1.29 is 19.1 Å². The van der Waals surface area contributed by atoms with Crippen LogP contribution in [0.15, 0.2) is 0 Å². The average Bonchev–Trinajstić information content (AvgIpc) is 2.80. The SMILES string of the molecule is CCC(C)CC1(C(=O)OC)CCCN1C(=O)OC(C)(C)C. The van der Waals surface area contributed by atoms with Crippen LogP contribution in [0.4, 0.5) is 4.79 Å². The van der Waals surface area contributed by atoms with Crippen molar-refractivity contribution in [3.63, 3.8) is 0 Å². The Kier molecular flexibility index (Phi) is 5.65. The molecule has 1 heterocycles. The van der Waals surface area contributed by atoms with Crippen LogP contribution in [-0.2, 0) is 14.3 Å². The highest BCUT2D eigenvalue weighted by Gasteiger charge is 2.52. The summed E-state index contributed by atoms with van der Waals surface area (Å²) in [6.07, 6.45) is 2.60. The number of likely N-dealkylation sites (tertiary alicyclic amines) is 1. The lowest BCUT2D eigenvalue weighted by atomic mass is 9.84. The number of hydrogen-bond acceptors (Lipinski definition) is 4. The van der Waals surface area contributed by atoms with E-state index in [2.05, 4.69) is 13.8 Å². The van der Waals surface area contributed by atoms with Gasteiger partial charge in [0.2, 0.25) is 0 Å². The van der Waals surface area contributed by atoms with Crippen LogP contribution in [0.1, 0.15) is 60.3 Å². The third-order valence-corrected chi connectivity index (χ3v) is 4.05. The molecule has 1 aliphatic rings. The molecule has 5 heteroatoms. The first-order valence-electron chi connectivity index (χ1n) is 7.75. The first kappa shape index (κ1) is 17.8. The molecule has 21 heavy (non-hydrogen) atoms. The second-order valence-corrected chi connectivity index (χ2v) is 6.98. The predicted octanol–water partition coefficient (Wildman–Crippen LogP) is 3.37. The predicted molar refractivity (Wildman–Crippen MR) is 81.0 cm³/mol. The molecule has 122 valence electrons. The molecule has 2 unspecified atom stereocenters. The molecule has 0 N–H and O–H groups in total. The zero-order chi connectivity index (χ0) is 16.3. The van der Waals surface area contributed by atoms with Crippen molar-refractivity contribution in [1.29, 1.82) is 0 Å². The minimum absolute atomic E-state index is 0.328. The Bertz CT molecular complexity index is 388. The van der Waals surface area contributed by atoms with Crippen molar-refractivity contribution in [2.75, 3.05) is 13.7 Å². The number of carbonyl (C=O) groups is 2. The van der Waals surface area contributed by atoms with E-state index in [1.807, 2.05) is 20.8 Å². The molecule has 0 aromatic heterocycles. The normalized spacial score (nSPS) is 23.8. The van der Waals surface area contributed by atoms with Crippen molar-refractivity contribution in [1.82, 2.24) is 4.90 Å². The second-order valence-electron chi connectivity index (χ2n) is 6.98. The summed E-state index contributed by atoms with van der Waals surface area (Å²) in [6.45, 7) is 10.2. The first-order chi connectivity index (χ1) is 9.66. The molecule has 1 fully saturated rings. The Balaban J connectivity index is 3.04. The fourth-order valence-corrected chi connectivity index (χ4v) is 2.88. The van der Waals surface area contributed by atoms with Crippen LogP contribution in [0.5, 0.6) is 0 Å². The van der Waals surface area contributed by atoms with Gasteiger partial charge in [-0.1, -0.05) is 20.3 Å². The highest BCUT2D eigenvalue weighted by Crippen LogP contribution is 2.38.